The molecule has 2 atom stereocenters. The molecule has 6 nitrogen and oxygen atoms in total. The molecule has 0 N–H and O–H groups in total. The number of benzene rings is 1. The fourth-order valence-electron chi connectivity index (χ4n) is 2.98. The van der Waals surface area contributed by atoms with E-state index in [4.69, 9.17) is 9.78 Å². The van der Waals surface area contributed by atoms with Gasteiger partial charge < -0.3 is 19.8 Å². The Balaban J connectivity index is 0.00000144. The quantitative estimate of drug-likeness (QED) is 0.288. The van der Waals surface area contributed by atoms with Crippen molar-refractivity contribution in [2.75, 3.05) is 0 Å². The van der Waals surface area contributed by atoms with E-state index in [0.29, 0.717) is 12.8 Å². The summed E-state index contributed by atoms with van der Waals surface area (Å²) in [4.78, 5) is 31.9. The van der Waals surface area contributed by atoms with E-state index in [2.05, 4.69) is 0 Å². The van der Waals surface area contributed by atoms with Crippen LogP contribution in [-0.2, 0) is 32.2 Å². The molecular formula is C16H14Na2O6. The van der Waals surface area contributed by atoms with E-state index in [9.17, 15) is 19.8 Å². The number of hydrogen-bond acceptors (Lipinski definition) is 6. The number of rotatable bonds is 6. The molecule has 0 saturated carbocycles. The van der Waals surface area contributed by atoms with Crippen LogP contribution in [0.1, 0.15) is 47.3 Å². The van der Waals surface area contributed by atoms with E-state index in [0.717, 1.165) is 22.3 Å². The zero-order valence-electron chi connectivity index (χ0n) is 13.7. The molecule has 1 aromatic rings. The van der Waals surface area contributed by atoms with Gasteiger partial charge in [0.1, 0.15) is 12.2 Å². The fraction of sp³-hybridized carbons (Fsp3) is 0.375. The molecule has 4 rings (SSSR count). The molecule has 24 heavy (non-hydrogen) atoms. The molecular weight excluding hydrogens is 334 g/mol. The molecule has 2 heterocycles. The minimum Gasteiger partial charge on any atom is -0.550 e. The van der Waals surface area contributed by atoms with Crippen LogP contribution in [0.5, 0.6) is 0 Å². The van der Waals surface area contributed by atoms with E-state index in [1.54, 1.807) is 0 Å². The van der Waals surface area contributed by atoms with Crippen molar-refractivity contribution in [2.24, 2.45) is 0 Å². The van der Waals surface area contributed by atoms with Gasteiger partial charge in [-0.25, -0.2) is 9.78 Å². The van der Waals surface area contributed by atoms with E-state index in [-0.39, 0.29) is 84.2 Å². The number of aryl methyl sites for hydroxylation is 2. The third kappa shape index (κ3) is 4.71. The van der Waals surface area contributed by atoms with Gasteiger partial charge in [-0.05, 0) is 60.1 Å². The first-order chi connectivity index (χ1) is 10.6. The second kappa shape index (κ2) is 9.50. The summed E-state index contributed by atoms with van der Waals surface area (Å²) in [5, 5.41) is 21.4. The first-order valence-electron chi connectivity index (χ1n) is 7.11. The van der Waals surface area contributed by atoms with Gasteiger partial charge in [-0.2, -0.15) is 0 Å². The third-order valence-electron chi connectivity index (χ3n) is 3.96. The molecule has 0 radical (unpaired) electrons. The van der Waals surface area contributed by atoms with Gasteiger partial charge in [-0.3, -0.25) is 0 Å². The summed E-state index contributed by atoms with van der Waals surface area (Å²) in [6.45, 7) is 0. The van der Waals surface area contributed by atoms with Gasteiger partial charge in [0, 0.05) is 11.9 Å². The molecule has 0 amide bonds. The largest absolute Gasteiger partial charge is 1.00 e. The van der Waals surface area contributed by atoms with E-state index in [1.807, 2.05) is 24.3 Å². The maximum atomic E-state index is 10.7. The van der Waals surface area contributed by atoms with Crippen LogP contribution in [0.4, 0.5) is 0 Å². The number of carbonyl (C=O) groups excluding carboxylic acids is 2. The molecule has 2 aliphatic heterocycles. The first-order valence-corrected chi connectivity index (χ1v) is 7.11. The summed E-state index contributed by atoms with van der Waals surface area (Å²) in [6.07, 6.45) is 3.47. The predicted octanol–water partition coefficient (Wildman–Crippen LogP) is -6.33. The van der Waals surface area contributed by atoms with Crippen LogP contribution < -0.4 is 69.3 Å². The normalized spacial score (nSPS) is 19.8. The van der Waals surface area contributed by atoms with Crippen molar-refractivity contribution in [2.45, 2.75) is 37.9 Å². The van der Waals surface area contributed by atoms with Gasteiger partial charge in [-0.15, -0.1) is 0 Å². The van der Waals surface area contributed by atoms with E-state index in [1.165, 1.54) is 0 Å². The van der Waals surface area contributed by atoms with Crippen LogP contribution in [0.25, 0.3) is 0 Å². The van der Waals surface area contributed by atoms with Crippen LogP contribution in [0, 0.1) is 0 Å². The van der Waals surface area contributed by atoms with Crippen molar-refractivity contribution in [3.63, 3.8) is 0 Å². The van der Waals surface area contributed by atoms with Crippen LogP contribution in [0.2, 0.25) is 0 Å². The second-order valence-corrected chi connectivity index (χ2v) is 5.37. The molecule has 0 saturated heterocycles. The molecule has 1 aliphatic carbocycles. The van der Waals surface area contributed by atoms with Crippen molar-refractivity contribution >= 4 is 11.9 Å². The number of carbonyl (C=O) groups is 2. The number of fused-ring (bicyclic) bond motifs is 1. The van der Waals surface area contributed by atoms with Crippen molar-refractivity contribution in [3.05, 3.63) is 46.5 Å². The zero-order chi connectivity index (χ0) is 15.7. The minimum absolute atomic E-state index is 0. The van der Waals surface area contributed by atoms with Crippen LogP contribution in [0.15, 0.2) is 24.3 Å². The standard InChI is InChI=1S/C16H16O6.2Na/c17-13(18)7-3-9-1-2-10(4-8-14(19)20)16-12-6-5-11(15(9)16)21-22-12;;/h1-2,5-6,11-12H,3-4,7-8H2,(H,17,18)(H,19,20);;/q;2*+1/p-2. The average molecular weight is 348 g/mol. The topological polar surface area (TPSA) is 98.7 Å². The Morgan fingerprint density at radius 1 is 0.833 bits per heavy atom. The fourth-order valence-corrected chi connectivity index (χ4v) is 2.98. The van der Waals surface area contributed by atoms with Gasteiger partial charge in [0.05, 0.1) is 0 Å². The van der Waals surface area contributed by atoms with Crippen molar-refractivity contribution < 1.29 is 88.7 Å². The molecule has 1 aromatic carbocycles. The smallest absolute Gasteiger partial charge is 0.550 e. The SMILES string of the molecule is O=C([O-])CCc1ccc(CCC(=O)[O-])c2c1C1C=CC2OO1.[Na+].[Na+]. The molecule has 2 unspecified atom stereocenters. The monoisotopic (exact) mass is 348 g/mol. The summed E-state index contributed by atoms with van der Waals surface area (Å²) >= 11 is 0. The molecule has 0 spiro atoms. The Hall–Kier alpha value is -0.180. The Labute approximate surface area is 183 Å². The number of aliphatic carboxylic acids is 2. The molecule has 0 fully saturated rings. The molecule has 8 heteroatoms. The van der Waals surface area contributed by atoms with Crippen LogP contribution >= 0.6 is 0 Å². The third-order valence-corrected chi connectivity index (χ3v) is 3.96. The summed E-state index contributed by atoms with van der Waals surface area (Å²) in [5.41, 5.74) is 3.49. The minimum atomic E-state index is -1.11. The summed E-state index contributed by atoms with van der Waals surface area (Å²) < 4.78 is 0. The van der Waals surface area contributed by atoms with Gasteiger partial charge in [-0.1, -0.05) is 12.1 Å². The van der Waals surface area contributed by atoms with Gasteiger partial charge in [0.2, 0.25) is 0 Å². The Kier molecular flexibility index (Phi) is 8.65. The van der Waals surface area contributed by atoms with Gasteiger partial charge >= 0.3 is 59.1 Å². The summed E-state index contributed by atoms with van der Waals surface area (Å²) in [5.74, 6) is -2.22. The number of hydrogen-bond donors (Lipinski definition) is 0. The molecule has 116 valence electrons. The van der Waals surface area contributed by atoms with Gasteiger partial charge in [0.15, 0.2) is 0 Å². The average Bonchev–Trinajstić information content (AvgIpc) is 2.52. The maximum Gasteiger partial charge on any atom is 1.00 e. The number of carboxylic acids is 2. The van der Waals surface area contributed by atoms with Crippen LogP contribution in [-0.4, -0.2) is 11.9 Å². The van der Waals surface area contributed by atoms with Crippen molar-refractivity contribution in [1.29, 1.82) is 0 Å². The molecule has 0 aromatic heterocycles. The predicted molar refractivity (Wildman–Crippen MR) is 69.9 cm³/mol. The Morgan fingerprint density at radius 2 is 1.21 bits per heavy atom. The molecule has 3 aliphatic rings. The Morgan fingerprint density at radius 3 is 1.50 bits per heavy atom. The summed E-state index contributed by atoms with van der Waals surface area (Å²) in [7, 11) is 0. The van der Waals surface area contributed by atoms with E-state index < -0.39 is 11.9 Å². The first kappa shape index (κ1) is 21.9. The Bertz CT molecular complexity index is 603. The van der Waals surface area contributed by atoms with Gasteiger partial charge in [0.25, 0.3) is 0 Å². The summed E-state index contributed by atoms with van der Waals surface area (Å²) in [6, 6.07) is 3.65. The van der Waals surface area contributed by atoms with Crippen molar-refractivity contribution in [1.82, 2.24) is 0 Å². The zero-order valence-corrected chi connectivity index (χ0v) is 17.7. The van der Waals surface area contributed by atoms with Crippen molar-refractivity contribution in [3.8, 4) is 0 Å². The maximum absolute atomic E-state index is 10.7. The van der Waals surface area contributed by atoms with E-state index >= 15 is 0 Å². The van der Waals surface area contributed by atoms with Crippen LogP contribution in [0.3, 0.4) is 0 Å². The molecule has 2 bridgehead atoms. The second-order valence-electron chi connectivity index (χ2n) is 5.37. The number of carboxylic acid groups (broad SMARTS) is 2.